The SMILES string of the molecule is OCC1(c2ccccc2)CCCNCC1. The minimum Gasteiger partial charge on any atom is -0.395 e. The molecule has 2 N–H and O–H groups in total. The topological polar surface area (TPSA) is 32.3 Å². The molecule has 0 amide bonds. The van der Waals surface area contributed by atoms with Crippen molar-refractivity contribution in [2.45, 2.75) is 24.7 Å². The molecule has 0 aromatic heterocycles. The van der Waals surface area contributed by atoms with E-state index in [9.17, 15) is 5.11 Å². The lowest BCUT2D eigenvalue weighted by Gasteiger charge is -2.31. The van der Waals surface area contributed by atoms with Gasteiger partial charge in [0.2, 0.25) is 0 Å². The molecule has 0 bridgehead atoms. The Labute approximate surface area is 91.3 Å². The Morgan fingerprint density at radius 2 is 1.93 bits per heavy atom. The summed E-state index contributed by atoms with van der Waals surface area (Å²) in [6.07, 6.45) is 3.27. The van der Waals surface area contributed by atoms with Gasteiger partial charge in [-0.15, -0.1) is 0 Å². The van der Waals surface area contributed by atoms with Crippen molar-refractivity contribution in [1.29, 1.82) is 0 Å². The predicted octanol–water partition coefficient (Wildman–Crippen LogP) is 1.69. The summed E-state index contributed by atoms with van der Waals surface area (Å²) >= 11 is 0. The van der Waals surface area contributed by atoms with Crippen molar-refractivity contribution < 1.29 is 5.11 Å². The zero-order valence-electron chi connectivity index (χ0n) is 9.08. The lowest BCUT2D eigenvalue weighted by Crippen LogP contribution is -2.31. The van der Waals surface area contributed by atoms with Crippen molar-refractivity contribution in [2.75, 3.05) is 19.7 Å². The molecular formula is C13H19NO. The minimum absolute atomic E-state index is 0.00917. The Kier molecular flexibility index (Phi) is 3.39. The average Bonchev–Trinajstić information content (AvgIpc) is 2.56. The monoisotopic (exact) mass is 205 g/mol. The van der Waals surface area contributed by atoms with Gasteiger partial charge in [0.15, 0.2) is 0 Å². The minimum atomic E-state index is -0.00917. The Morgan fingerprint density at radius 1 is 1.13 bits per heavy atom. The largest absolute Gasteiger partial charge is 0.395 e. The van der Waals surface area contributed by atoms with Gasteiger partial charge in [-0.3, -0.25) is 0 Å². The van der Waals surface area contributed by atoms with Crippen LogP contribution in [0, 0.1) is 0 Å². The lowest BCUT2D eigenvalue weighted by atomic mass is 9.75. The molecule has 1 heterocycles. The summed E-state index contributed by atoms with van der Waals surface area (Å²) in [5.41, 5.74) is 1.28. The van der Waals surface area contributed by atoms with Crippen LogP contribution < -0.4 is 5.32 Å². The Balaban J connectivity index is 2.27. The number of aliphatic hydroxyl groups is 1. The third-order valence-electron chi connectivity index (χ3n) is 3.48. The molecule has 82 valence electrons. The molecule has 0 aliphatic carbocycles. The van der Waals surface area contributed by atoms with Gasteiger partial charge in [-0.2, -0.15) is 0 Å². The summed E-state index contributed by atoms with van der Waals surface area (Å²) in [5, 5.41) is 13.1. The Bertz CT molecular complexity index is 289. The maximum atomic E-state index is 9.69. The van der Waals surface area contributed by atoms with Gasteiger partial charge in [0.05, 0.1) is 6.61 Å². The highest BCUT2D eigenvalue weighted by molar-refractivity contribution is 5.25. The van der Waals surface area contributed by atoms with E-state index in [4.69, 9.17) is 0 Å². The molecule has 15 heavy (non-hydrogen) atoms. The van der Waals surface area contributed by atoms with Crippen molar-refractivity contribution in [3.63, 3.8) is 0 Å². The summed E-state index contributed by atoms with van der Waals surface area (Å²) in [5.74, 6) is 0. The number of benzene rings is 1. The highest BCUT2D eigenvalue weighted by atomic mass is 16.3. The first-order valence-corrected chi connectivity index (χ1v) is 5.74. The van der Waals surface area contributed by atoms with Crippen LogP contribution >= 0.6 is 0 Å². The van der Waals surface area contributed by atoms with Gasteiger partial charge < -0.3 is 10.4 Å². The second-order valence-electron chi connectivity index (χ2n) is 4.41. The molecule has 2 rings (SSSR count). The fraction of sp³-hybridized carbons (Fsp3) is 0.538. The number of nitrogens with one attached hydrogen (secondary N) is 1. The van der Waals surface area contributed by atoms with Crippen LogP contribution in [0.4, 0.5) is 0 Å². The molecule has 1 unspecified atom stereocenters. The molecule has 0 saturated carbocycles. The molecule has 2 heteroatoms. The first-order chi connectivity index (χ1) is 7.37. The molecular weight excluding hydrogens is 186 g/mol. The second kappa shape index (κ2) is 4.77. The van der Waals surface area contributed by atoms with Crippen LogP contribution in [0.1, 0.15) is 24.8 Å². The van der Waals surface area contributed by atoms with Gasteiger partial charge in [-0.1, -0.05) is 30.3 Å². The van der Waals surface area contributed by atoms with Crippen LogP contribution in [0.2, 0.25) is 0 Å². The summed E-state index contributed by atoms with van der Waals surface area (Å²) in [7, 11) is 0. The summed E-state index contributed by atoms with van der Waals surface area (Å²) in [4.78, 5) is 0. The van der Waals surface area contributed by atoms with Crippen molar-refractivity contribution >= 4 is 0 Å². The van der Waals surface area contributed by atoms with Gasteiger partial charge in [0.25, 0.3) is 0 Å². The van der Waals surface area contributed by atoms with Crippen LogP contribution in [0.25, 0.3) is 0 Å². The molecule has 2 nitrogen and oxygen atoms in total. The first kappa shape index (κ1) is 10.7. The Hall–Kier alpha value is -0.860. The van der Waals surface area contributed by atoms with E-state index in [2.05, 4.69) is 29.6 Å². The highest BCUT2D eigenvalue weighted by Gasteiger charge is 2.31. The van der Waals surface area contributed by atoms with E-state index in [-0.39, 0.29) is 12.0 Å². The van der Waals surface area contributed by atoms with Crippen molar-refractivity contribution in [3.05, 3.63) is 35.9 Å². The second-order valence-corrected chi connectivity index (χ2v) is 4.41. The summed E-state index contributed by atoms with van der Waals surface area (Å²) < 4.78 is 0. The Morgan fingerprint density at radius 3 is 2.67 bits per heavy atom. The van der Waals surface area contributed by atoms with Gasteiger partial charge in [0.1, 0.15) is 0 Å². The van der Waals surface area contributed by atoms with E-state index in [1.165, 1.54) is 5.56 Å². The van der Waals surface area contributed by atoms with Gasteiger partial charge in [-0.25, -0.2) is 0 Å². The number of aliphatic hydroxyl groups excluding tert-OH is 1. The van der Waals surface area contributed by atoms with Gasteiger partial charge in [-0.05, 0) is 37.9 Å². The molecule has 0 spiro atoms. The predicted molar refractivity (Wildman–Crippen MR) is 61.9 cm³/mol. The van der Waals surface area contributed by atoms with Crippen LogP contribution in [0.3, 0.4) is 0 Å². The van der Waals surface area contributed by atoms with E-state index in [1.807, 2.05) is 6.07 Å². The van der Waals surface area contributed by atoms with Crippen LogP contribution in [0.15, 0.2) is 30.3 Å². The molecule has 1 aliphatic heterocycles. The molecule has 1 atom stereocenters. The first-order valence-electron chi connectivity index (χ1n) is 5.74. The van der Waals surface area contributed by atoms with Crippen molar-refractivity contribution in [2.24, 2.45) is 0 Å². The van der Waals surface area contributed by atoms with Crippen molar-refractivity contribution in [1.82, 2.24) is 5.32 Å². The third kappa shape index (κ3) is 2.21. The zero-order valence-corrected chi connectivity index (χ0v) is 9.08. The van der Waals surface area contributed by atoms with Crippen molar-refractivity contribution in [3.8, 4) is 0 Å². The van der Waals surface area contributed by atoms with Gasteiger partial charge in [0, 0.05) is 5.41 Å². The van der Waals surface area contributed by atoms with E-state index in [1.54, 1.807) is 0 Å². The van der Waals surface area contributed by atoms with Crippen LogP contribution in [0.5, 0.6) is 0 Å². The third-order valence-corrected chi connectivity index (χ3v) is 3.48. The molecule has 1 aromatic rings. The summed E-state index contributed by atoms with van der Waals surface area (Å²) in [6.45, 7) is 2.35. The molecule has 0 radical (unpaired) electrons. The molecule has 1 aliphatic rings. The van der Waals surface area contributed by atoms with E-state index in [0.717, 1.165) is 32.4 Å². The smallest absolute Gasteiger partial charge is 0.0528 e. The number of hydrogen-bond acceptors (Lipinski definition) is 2. The molecule has 1 fully saturated rings. The lowest BCUT2D eigenvalue weighted by molar-refractivity contribution is 0.179. The zero-order chi connectivity index (χ0) is 10.6. The standard InChI is InChI=1S/C13H19NO/c15-11-13(7-4-9-14-10-8-13)12-5-2-1-3-6-12/h1-3,5-6,14-15H,4,7-11H2. The molecule has 1 saturated heterocycles. The fourth-order valence-corrected chi connectivity index (χ4v) is 2.46. The van der Waals surface area contributed by atoms with Gasteiger partial charge >= 0.3 is 0 Å². The van der Waals surface area contributed by atoms with Crippen LogP contribution in [-0.2, 0) is 5.41 Å². The molecule has 1 aromatic carbocycles. The quantitative estimate of drug-likeness (QED) is 0.770. The van der Waals surface area contributed by atoms with E-state index < -0.39 is 0 Å². The maximum Gasteiger partial charge on any atom is 0.0528 e. The number of rotatable bonds is 2. The van der Waals surface area contributed by atoms with E-state index in [0.29, 0.717) is 0 Å². The van der Waals surface area contributed by atoms with Crippen LogP contribution in [-0.4, -0.2) is 24.8 Å². The van der Waals surface area contributed by atoms with E-state index >= 15 is 0 Å². The summed E-state index contributed by atoms with van der Waals surface area (Å²) in [6, 6.07) is 10.4. The highest BCUT2D eigenvalue weighted by Crippen LogP contribution is 2.33. The number of hydrogen-bond donors (Lipinski definition) is 2. The fourth-order valence-electron chi connectivity index (χ4n) is 2.46. The maximum absolute atomic E-state index is 9.69. The normalized spacial score (nSPS) is 27.3. The average molecular weight is 205 g/mol.